The number of Topliss-reactive ketones (excluding diaryl/α,β-unsaturated/α-hetero) is 1. The number of thiophene rings is 1. The number of carbonyl (C=O) groups excluding carboxylic acids is 2. The number of benzene rings is 1. The van der Waals surface area contributed by atoms with Gasteiger partial charge in [0.15, 0.2) is 0 Å². The number of carbonyl (C=O) groups is 2. The van der Waals surface area contributed by atoms with Crippen LogP contribution in [0.5, 0.6) is 0 Å². The van der Waals surface area contributed by atoms with E-state index in [2.05, 4.69) is 5.32 Å². The van der Waals surface area contributed by atoms with E-state index >= 15 is 0 Å². The zero-order valence-electron chi connectivity index (χ0n) is 10.7. The molecule has 0 bridgehead atoms. The maximum Gasteiger partial charge on any atom is 0.293 e. The van der Waals surface area contributed by atoms with Crippen LogP contribution in [0, 0.1) is 6.92 Å². The lowest BCUT2D eigenvalue weighted by molar-refractivity contribution is -0.116. The lowest BCUT2D eigenvalue weighted by Gasteiger charge is -2.03. The fraction of sp³-hybridized carbons (Fsp3) is 0.200. The lowest BCUT2D eigenvalue weighted by atomic mass is 10.1. The van der Waals surface area contributed by atoms with Crippen molar-refractivity contribution in [2.45, 2.75) is 13.3 Å². The second kappa shape index (κ2) is 6.29. The van der Waals surface area contributed by atoms with E-state index in [0.29, 0.717) is 11.4 Å². The van der Waals surface area contributed by atoms with E-state index in [1.807, 2.05) is 43.3 Å². The molecule has 1 aromatic heterocycles. The third-order valence-electron chi connectivity index (χ3n) is 2.71. The Bertz CT molecular complexity index is 575. The molecular formula is C15H15NO2S. The van der Waals surface area contributed by atoms with Crippen molar-refractivity contribution in [1.29, 1.82) is 0 Å². The molecule has 2 rings (SSSR count). The molecule has 0 saturated heterocycles. The van der Waals surface area contributed by atoms with E-state index in [-0.39, 0.29) is 0 Å². The van der Waals surface area contributed by atoms with Gasteiger partial charge in [-0.05, 0) is 31.0 Å². The minimum atomic E-state index is -0.530. The number of aryl methyl sites for hydroxylation is 1. The van der Waals surface area contributed by atoms with Crippen molar-refractivity contribution in [2.24, 2.45) is 0 Å². The summed E-state index contributed by atoms with van der Waals surface area (Å²) in [4.78, 5) is 25.0. The van der Waals surface area contributed by atoms with Crippen molar-refractivity contribution in [3.8, 4) is 0 Å². The number of hydrogen-bond donors (Lipinski definition) is 1. The third kappa shape index (κ3) is 3.76. The van der Waals surface area contributed by atoms with E-state index in [4.69, 9.17) is 0 Å². The van der Waals surface area contributed by atoms with Crippen LogP contribution in [-0.4, -0.2) is 18.2 Å². The standard InChI is InChI=1S/C15H15NO2S/c1-11-7-8-13(19-11)14(17)15(18)16-10-9-12-5-3-2-4-6-12/h2-8H,9-10H2,1H3,(H,16,18). The summed E-state index contributed by atoms with van der Waals surface area (Å²) in [6.07, 6.45) is 0.726. The molecule has 1 N–H and O–H groups in total. The summed E-state index contributed by atoms with van der Waals surface area (Å²) in [7, 11) is 0. The normalized spacial score (nSPS) is 10.2. The fourth-order valence-corrected chi connectivity index (χ4v) is 2.52. The van der Waals surface area contributed by atoms with E-state index in [9.17, 15) is 9.59 Å². The average Bonchev–Trinajstić information content (AvgIpc) is 2.85. The Morgan fingerprint density at radius 2 is 1.84 bits per heavy atom. The predicted octanol–water partition coefficient (Wildman–Crippen LogP) is 2.60. The number of rotatable bonds is 5. The van der Waals surface area contributed by atoms with Gasteiger partial charge in [-0.25, -0.2) is 0 Å². The summed E-state index contributed by atoms with van der Waals surface area (Å²) in [5, 5.41) is 2.66. The quantitative estimate of drug-likeness (QED) is 0.672. The molecule has 3 nitrogen and oxygen atoms in total. The molecule has 1 heterocycles. The van der Waals surface area contributed by atoms with Crippen molar-refractivity contribution < 1.29 is 9.59 Å². The Hall–Kier alpha value is -1.94. The molecular weight excluding hydrogens is 258 g/mol. The first-order valence-electron chi connectivity index (χ1n) is 6.09. The first-order valence-corrected chi connectivity index (χ1v) is 6.91. The van der Waals surface area contributed by atoms with Gasteiger partial charge in [0.1, 0.15) is 0 Å². The molecule has 4 heteroatoms. The maximum atomic E-state index is 11.8. The average molecular weight is 273 g/mol. The first kappa shape index (κ1) is 13.5. The summed E-state index contributed by atoms with van der Waals surface area (Å²) >= 11 is 1.34. The van der Waals surface area contributed by atoms with Crippen molar-refractivity contribution in [3.05, 3.63) is 57.8 Å². The van der Waals surface area contributed by atoms with Crippen LogP contribution in [0.3, 0.4) is 0 Å². The van der Waals surface area contributed by atoms with Gasteiger partial charge in [0.25, 0.3) is 11.7 Å². The van der Waals surface area contributed by atoms with E-state index in [1.54, 1.807) is 6.07 Å². The minimum Gasteiger partial charge on any atom is -0.349 e. The van der Waals surface area contributed by atoms with Gasteiger partial charge in [-0.15, -0.1) is 11.3 Å². The van der Waals surface area contributed by atoms with Crippen molar-refractivity contribution in [1.82, 2.24) is 5.32 Å². The van der Waals surface area contributed by atoms with Gasteiger partial charge < -0.3 is 5.32 Å². The van der Waals surface area contributed by atoms with Gasteiger partial charge in [-0.1, -0.05) is 30.3 Å². The first-order chi connectivity index (χ1) is 9.16. The van der Waals surface area contributed by atoms with Gasteiger partial charge in [-0.2, -0.15) is 0 Å². The van der Waals surface area contributed by atoms with Crippen molar-refractivity contribution in [2.75, 3.05) is 6.54 Å². The van der Waals surface area contributed by atoms with Gasteiger partial charge in [0.2, 0.25) is 0 Å². The highest BCUT2D eigenvalue weighted by Crippen LogP contribution is 2.15. The van der Waals surface area contributed by atoms with Gasteiger partial charge in [0.05, 0.1) is 4.88 Å². The van der Waals surface area contributed by atoms with Crippen LogP contribution in [0.1, 0.15) is 20.1 Å². The lowest BCUT2D eigenvalue weighted by Crippen LogP contribution is -2.32. The third-order valence-corrected chi connectivity index (χ3v) is 3.71. The van der Waals surface area contributed by atoms with Crippen LogP contribution in [0.4, 0.5) is 0 Å². The molecule has 0 aliphatic rings. The van der Waals surface area contributed by atoms with Crippen LogP contribution < -0.4 is 5.32 Å². The van der Waals surface area contributed by atoms with Crippen LogP contribution in [0.15, 0.2) is 42.5 Å². The smallest absolute Gasteiger partial charge is 0.293 e. The van der Waals surface area contributed by atoms with E-state index in [1.165, 1.54) is 11.3 Å². The molecule has 1 aromatic carbocycles. The molecule has 0 aliphatic heterocycles. The highest BCUT2D eigenvalue weighted by atomic mass is 32.1. The Morgan fingerprint density at radius 1 is 1.11 bits per heavy atom. The second-order valence-corrected chi connectivity index (χ2v) is 5.52. The maximum absolute atomic E-state index is 11.8. The van der Waals surface area contributed by atoms with Crippen molar-refractivity contribution >= 4 is 23.0 Å². The Labute approximate surface area is 116 Å². The largest absolute Gasteiger partial charge is 0.349 e. The van der Waals surface area contributed by atoms with Gasteiger partial charge >= 0.3 is 0 Å². The molecule has 0 fully saturated rings. The highest BCUT2D eigenvalue weighted by Gasteiger charge is 2.16. The molecule has 0 saturated carbocycles. The monoisotopic (exact) mass is 273 g/mol. The van der Waals surface area contributed by atoms with Crippen LogP contribution in [0.2, 0.25) is 0 Å². The van der Waals surface area contributed by atoms with Crippen LogP contribution in [-0.2, 0) is 11.2 Å². The number of amides is 1. The van der Waals surface area contributed by atoms with E-state index < -0.39 is 11.7 Å². The molecule has 2 aromatic rings. The molecule has 0 atom stereocenters. The van der Waals surface area contributed by atoms with E-state index in [0.717, 1.165) is 16.9 Å². The summed E-state index contributed by atoms with van der Waals surface area (Å²) < 4.78 is 0. The van der Waals surface area contributed by atoms with Crippen LogP contribution >= 0.6 is 11.3 Å². The molecule has 0 aliphatic carbocycles. The predicted molar refractivity (Wildman–Crippen MR) is 76.5 cm³/mol. The number of ketones is 1. The summed E-state index contributed by atoms with van der Waals surface area (Å²) in [6.45, 7) is 2.38. The fourth-order valence-electron chi connectivity index (χ4n) is 1.71. The molecule has 1 amide bonds. The zero-order chi connectivity index (χ0) is 13.7. The van der Waals surface area contributed by atoms with Gasteiger partial charge in [0, 0.05) is 11.4 Å². The summed E-state index contributed by atoms with van der Waals surface area (Å²) in [6, 6.07) is 13.4. The highest BCUT2D eigenvalue weighted by molar-refractivity contribution is 7.14. The van der Waals surface area contributed by atoms with Gasteiger partial charge in [-0.3, -0.25) is 9.59 Å². The summed E-state index contributed by atoms with van der Waals surface area (Å²) in [5.74, 6) is -0.982. The van der Waals surface area contributed by atoms with Crippen LogP contribution in [0.25, 0.3) is 0 Å². The molecule has 98 valence electrons. The topological polar surface area (TPSA) is 46.2 Å². The SMILES string of the molecule is Cc1ccc(C(=O)C(=O)NCCc2ccccc2)s1. The molecule has 19 heavy (non-hydrogen) atoms. The van der Waals surface area contributed by atoms with Crippen molar-refractivity contribution in [3.63, 3.8) is 0 Å². The molecule has 0 radical (unpaired) electrons. The summed E-state index contributed by atoms with van der Waals surface area (Å²) in [5.41, 5.74) is 1.14. The Balaban J connectivity index is 1.83. The number of hydrogen-bond acceptors (Lipinski definition) is 3. The molecule has 0 unspecified atom stereocenters. The zero-order valence-corrected chi connectivity index (χ0v) is 11.5. The molecule has 0 spiro atoms. The minimum absolute atomic E-state index is 0.453. The Kier molecular flexibility index (Phi) is 4.47. The second-order valence-electron chi connectivity index (χ2n) is 4.23. The number of nitrogens with one attached hydrogen (secondary N) is 1. The Morgan fingerprint density at radius 3 is 2.47 bits per heavy atom.